The van der Waals surface area contributed by atoms with Crippen molar-refractivity contribution in [3.63, 3.8) is 0 Å². The van der Waals surface area contributed by atoms with Gasteiger partial charge in [0.2, 0.25) is 5.91 Å². The molecule has 1 amide bonds. The minimum atomic E-state index is -3.49. The molecule has 1 aliphatic rings. The van der Waals surface area contributed by atoms with Crippen molar-refractivity contribution in [1.82, 2.24) is 24.5 Å². The summed E-state index contributed by atoms with van der Waals surface area (Å²) in [6.45, 7) is 1.02. The molecule has 3 aromatic rings. The summed E-state index contributed by atoms with van der Waals surface area (Å²) in [4.78, 5) is 23.1. The van der Waals surface area contributed by atoms with Crippen molar-refractivity contribution in [3.05, 3.63) is 42.0 Å². The van der Waals surface area contributed by atoms with Crippen LogP contribution in [0.4, 0.5) is 0 Å². The summed E-state index contributed by atoms with van der Waals surface area (Å²) >= 11 is 0. The summed E-state index contributed by atoms with van der Waals surface area (Å²) in [5, 5.41) is 4.19. The molecule has 4 rings (SSSR count). The zero-order valence-corrected chi connectivity index (χ0v) is 19.0. The number of amides is 1. The quantitative estimate of drug-likeness (QED) is 0.544. The second-order valence-electron chi connectivity index (χ2n) is 7.76. The van der Waals surface area contributed by atoms with E-state index in [0.717, 1.165) is 11.8 Å². The molecule has 3 heterocycles. The Balaban J connectivity index is 1.52. The largest absolute Gasteiger partial charge is 0.497 e. The normalized spacial score (nSPS) is 15.2. The molecule has 0 aliphatic carbocycles. The zero-order chi connectivity index (χ0) is 22.9. The van der Waals surface area contributed by atoms with Crippen molar-refractivity contribution < 1.29 is 22.7 Å². The SMILES string of the molecule is COc1ccc(OC)c(CC(=O)N2CCC(c3c(S(C)(=O)=O)cnc4ncnn34)CC2)c1. The van der Waals surface area contributed by atoms with Crippen LogP contribution in [0.3, 0.4) is 0 Å². The van der Waals surface area contributed by atoms with E-state index >= 15 is 0 Å². The zero-order valence-electron chi connectivity index (χ0n) is 18.2. The van der Waals surface area contributed by atoms with Crippen LogP contribution in [-0.4, -0.2) is 72.4 Å². The molecule has 0 saturated carbocycles. The number of piperidine rings is 1. The molecular weight excluding hydrogens is 434 g/mol. The van der Waals surface area contributed by atoms with Gasteiger partial charge in [-0.1, -0.05) is 0 Å². The van der Waals surface area contributed by atoms with Gasteiger partial charge in [-0.2, -0.15) is 14.6 Å². The highest BCUT2D eigenvalue weighted by atomic mass is 32.2. The highest BCUT2D eigenvalue weighted by molar-refractivity contribution is 7.90. The highest BCUT2D eigenvalue weighted by Crippen LogP contribution is 2.33. The van der Waals surface area contributed by atoms with Gasteiger partial charge in [-0.25, -0.2) is 13.4 Å². The number of carbonyl (C=O) groups excluding carboxylic acids is 1. The third-order valence-electron chi connectivity index (χ3n) is 5.77. The Morgan fingerprint density at radius 1 is 1.16 bits per heavy atom. The van der Waals surface area contributed by atoms with E-state index < -0.39 is 9.84 Å². The minimum Gasteiger partial charge on any atom is -0.497 e. The summed E-state index contributed by atoms with van der Waals surface area (Å²) in [5.41, 5.74) is 1.34. The maximum absolute atomic E-state index is 13.0. The predicted octanol–water partition coefficient (Wildman–Crippen LogP) is 1.49. The number of methoxy groups -OCH3 is 2. The van der Waals surface area contributed by atoms with E-state index in [4.69, 9.17) is 9.47 Å². The molecule has 32 heavy (non-hydrogen) atoms. The fourth-order valence-electron chi connectivity index (χ4n) is 4.14. The first-order valence-corrected chi connectivity index (χ1v) is 12.1. The van der Waals surface area contributed by atoms with Crippen LogP contribution in [0.1, 0.15) is 30.0 Å². The van der Waals surface area contributed by atoms with E-state index in [1.807, 2.05) is 0 Å². The van der Waals surface area contributed by atoms with Crippen molar-refractivity contribution in [2.75, 3.05) is 33.6 Å². The molecule has 2 aromatic heterocycles. The van der Waals surface area contributed by atoms with Gasteiger partial charge in [-0.15, -0.1) is 0 Å². The molecule has 170 valence electrons. The number of aromatic nitrogens is 4. The lowest BCUT2D eigenvalue weighted by Gasteiger charge is -2.33. The smallest absolute Gasteiger partial charge is 0.252 e. The molecule has 1 saturated heterocycles. The average Bonchev–Trinajstić information content (AvgIpc) is 3.26. The number of fused-ring (bicyclic) bond motifs is 1. The third kappa shape index (κ3) is 4.24. The summed E-state index contributed by atoms with van der Waals surface area (Å²) in [6.07, 6.45) is 5.29. The second kappa shape index (κ2) is 8.73. The van der Waals surface area contributed by atoms with E-state index in [0.29, 0.717) is 48.9 Å². The Labute approximate surface area is 186 Å². The van der Waals surface area contributed by atoms with Crippen molar-refractivity contribution in [3.8, 4) is 11.5 Å². The monoisotopic (exact) mass is 459 g/mol. The fourth-order valence-corrected chi connectivity index (χ4v) is 5.01. The number of hydrogen-bond donors (Lipinski definition) is 0. The third-order valence-corrected chi connectivity index (χ3v) is 6.88. The van der Waals surface area contributed by atoms with Crippen LogP contribution < -0.4 is 9.47 Å². The maximum atomic E-state index is 13.0. The molecule has 0 unspecified atom stereocenters. The molecular formula is C21H25N5O5S. The van der Waals surface area contributed by atoms with Crippen LogP contribution >= 0.6 is 0 Å². The van der Waals surface area contributed by atoms with Gasteiger partial charge in [-0.3, -0.25) is 4.79 Å². The lowest BCUT2D eigenvalue weighted by Crippen LogP contribution is -2.39. The number of hydrogen-bond acceptors (Lipinski definition) is 8. The second-order valence-corrected chi connectivity index (χ2v) is 9.75. The number of benzene rings is 1. The van der Waals surface area contributed by atoms with Gasteiger partial charge in [-0.05, 0) is 31.0 Å². The number of rotatable bonds is 6. The van der Waals surface area contributed by atoms with Crippen LogP contribution in [0.2, 0.25) is 0 Å². The fraction of sp³-hybridized carbons (Fsp3) is 0.429. The summed E-state index contributed by atoms with van der Waals surface area (Å²) in [7, 11) is -0.347. The van der Waals surface area contributed by atoms with Gasteiger partial charge < -0.3 is 14.4 Å². The Bertz CT molecular complexity index is 1250. The molecule has 0 atom stereocenters. The van der Waals surface area contributed by atoms with Gasteiger partial charge in [0.1, 0.15) is 22.7 Å². The van der Waals surface area contributed by atoms with Gasteiger partial charge in [0.05, 0.1) is 32.5 Å². The number of ether oxygens (including phenoxy) is 2. The van der Waals surface area contributed by atoms with Gasteiger partial charge >= 0.3 is 0 Å². The first-order valence-electron chi connectivity index (χ1n) is 10.2. The van der Waals surface area contributed by atoms with Crippen molar-refractivity contribution in [2.45, 2.75) is 30.1 Å². The minimum absolute atomic E-state index is 0.0148. The molecule has 10 nitrogen and oxygen atoms in total. The molecule has 1 fully saturated rings. The van der Waals surface area contributed by atoms with E-state index in [1.165, 1.54) is 17.0 Å². The Morgan fingerprint density at radius 2 is 1.91 bits per heavy atom. The topological polar surface area (TPSA) is 116 Å². The van der Waals surface area contributed by atoms with Gasteiger partial charge in [0.25, 0.3) is 5.78 Å². The van der Waals surface area contributed by atoms with Crippen LogP contribution in [-0.2, 0) is 21.1 Å². The summed E-state index contributed by atoms with van der Waals surface area (Å²) in [5.74, 6) is 1.56. The molecule has 0 spiro atoms. The van der Waals surface area contributed by atoms with E-state index in [9.17, 15) is 13.2 Å². The Hall–Kier alpha value is -3.21. The molecule has 1 aliphatic heterocycles. The molecule has 11 heteroatoms. The van der Waals surface area contributed by atoms with E-state index in [-0.39, 0.29) is 23.1 Å². The maximum Gasteiger partial charge on any atom is 0.252 e. The number of likely N-dealkylation sites (tertiary alicyclic amines) is 1. The number of carbonyl (C=O) groups is 1. The molecule has 1 aromatic carbocycles. The van der Waals surface area contributed by atoms with Gasteiger partial charge in [0.15, 0.2) is 9.84 Å². The predicted molar refractivity (Wildman–Crippen MR) is 116 cm³/mol. The van der Waals surface area contributed by atoms with E-state index in [1.54, 1.807) is 37.3 Å². The number of nitrogens with zero attached hydrogens (tertiary/aromatic N) is 5. The van der Waals surface area contributed by atoms with Crippen LogP contribution in [0.5, 0.6) is 11.5 Å². The van der Waals surface area contributed by atoms with Gasteiger partial charge in [0, 0.05) is 30.8 Å². The summed E-state index contributed by atoms with van der Waals surface area (Å²) < 4.78 is 36.9. The Morgan fingerprint density at radius 3 is 2.56 bits per heavy atom. The molecule has 0 radical (unpaired) electrons. The lowest BCUT2D eigenvalue weighted by molar-refractivity contribution is -0.131. The van der Waals surface area contributed by atoms with Crippen LogP contribution in [0.15, 0.2) is 35.6 Å². The highest BCUT2D eigenvalue weighted by Gasteiger charge is 2.30. The van der Waals surface area contributed by atoms with Crippen LogP contribution in [0.25, 0.3) is 5.78 Å². The van der Waals surface area contributed by atoms with E-state index in [2.05, 4.69) is 15.1 Å². The van der Waals surface area contributed by atoms with Crippen LogP contribution in [0, 0.1) is 0 Å². The first-order chi connectivity index (χ1) is 15.3. The first kappa shape index (κ1) is 22.0. The van der Waals surface area contributed by atoms with Crippen molar-refractivity contribution in [1.29, 1.82) is 0 Å². The molecule has 0 bridgehead atoms. The molecule has 0 N–H and O–H groups in total. The lowest BCUT2D eigenvalue weighted by atomic mass is 9.92. The Kier molecular flexibility index (Phi) is 6.00. The number of sulfone groups is 1. The van der Waals surface area contributed by atoms with Crippen molar-refractivity contribution in [2.24, 2.45) is 0 Å². The average molecular weight is 460 g/mol. The standard InChI is InChI=1S/C21H25N5O5S/c1-30-16-4-5-17(31-2)15(10-16)11-19(27)25-8-6-14(7-9-25)20-18(32(3,28)29)12-22-21-23-13-24-26(20)21/h4-5,10,12-14H,6-9,11H2,1-3H3. The van der Waals surface area contributed by atoms with Crippen molar-refractivity contribution >= 4 is 21.5 Å². The summed E-state index contributed by atoms with van der Waals surface area (Å²) in [6, 6.07) is 5.38.